The molecule has 0 aliphatic heterocycles. The maximum atomic E-state index is 5.76. The molecule has 134 valence electrons. The lowest BCUT2D eigenvalue weighted by atomic mass is 10.1. The lowest BCUT2D eigenvalue weighted by molar-refractivity contribution is 0.281. The van der Waals surface area contributed by atoms with Crippen LogP contribution in [-0.4, -0.2) is 43.1 Å². The van der Waals surface area contributed by atoms with Gasteiger partial charge in [0.15, 0.2) is 5.96 Å². The van der Waals surface area contributed by atoms with Crippen molar-refractivity contribution in [2.45, 2.75) is 6.54 Å². The Kier molecular flexibility index (Phi) is 6.04. The Morgan fingerprint density at radius 3 is 2.69 bits per heavy atom. The van der Waals surface area contributed by atoms with Gasteiger partial charge in [-0.15, -0.1) is 0 Å². The minimum Gasteiger partial charge on any atom is -0.492 e. The molecule has 0 bridgehead atoms. The predicted octanol–water partition coefficient (Wildman–Crippen LogP) is 3.32. The minimum atomic E-state index is 0.594. The van der Waals surface area contributed by atoms with E-state index < -0.39 is 0 Å². The Morgan fingerprint density at radius 2 is 1.88 bits per heavy atom. The summed E-state index contributed by atoms with van der Waals surface area (Å²) in [5.41, 5.74) is 2.17. The second kappa shape index (κ2) is 8.85. The third-order valence-electron chi connectivity index (χ3n) is 4.17. The van der Waals surface area contributed by atoms with Gasteiger partial charge in [-0.2, -0.15) is 0 Å². The Labute approximate surface area is 154 Å². The second-order valence-electron chi connectivity index (χ2n) is 5.98. The molecule has 5 nitrogen and oxygen atoms in total. The first-order chi connectivity index (χ1) is 12.8. The highest BCUT2D eigenvalue weighted by Crippen LogP contribution is 2.15. The van der Waals surface area contributed by atoms with Crippen molar-refractivity contribution in [2.75, 3.05) is 27.2 Å². The van der Waals surface area contributed by atoms with Crippen LogP contribution in [0.15, 0.2) is 71.9 Å². The van der Waals surface area contributed by atoms with Gasteiger partial charge in [-0.3, -0.25) is 9.98 Å². The number of rotatable bonds is 6. The molecular formula is C21H24N4O. The van der Waals surface area contributed by atoms with E-state index in [0.29, 0.717) is 13.2 Å². The summed E-state index contributed by atoms with van der Waals surface area (Å²) in [5.74, 6) is 1.71. The zero-order chi connectivity index (χ0) is 18.2. The largest absolute Gasteiger partial charge is 0.492 e. The number of aliphatic imine (C=N–C) groups is 1. The summed E-state index contributed by atoms with van der Waals surface area (Å²) in [5, 5.41) is 4.55. The van der Waals surface area contributed by atoms with Crippen molar-refractivity contribution in [3.63, 3.8) is 0 Å². The average Bonchev–Trinajstić information content (AvgIpc) is 2.69. The molecule has 0 amide bonds. The summed E-state index contributed by atoms with van der Waals surface area (Å²) < 4.78 is 5.76. The standard InChI is InChI=1S/C21H24N4O/c1-22-21(25(2)14-15-26-19-11-4-3-5-12-19)24-16-18-9-6-8-17-10-7-13-23-20(17)18/h3-13H,14-16H2,1-2H3,(H,22,24). The molecule has 3 aromatic rings. The molecule has 0 saturated heterocycles. The molecule has 0 aliphatic rings. The van der Waals surface area contributed by atoms with E-state index in [1.807, 2.05) is 49.6 Å². The third kappa shape index (κ3) is 4.51. The summed E-state index contributed by atoms with van der Waals surface area (Å²) in [6.07, 6.45) is 1.83. The first-order valence-corrected chi connectivity index (χ1v) is 8.70. The van der Waals surface area contributed by atoms with Crippen LogP contribution in [0.1, 0.15) is 5.56 Å². The summed E-state index contributed by atoms with van der Waals surface area (Å²) in [4.78, 5) is 10.9. The van der Waals surface area contributed by atoms with Crippen LogP contribution in [0, 0.1) is 0 Å². The van der Waals surface area contributed by atoms with Gasteiger partial charge in [0.25, 0.3) is 0 Å². The normalized spacial score (nSPS) is 11.4. The number of guanidine groups is 1. The quantitative estimate of drug-likeness (QED) is 0.548. The molecule has 26 heavy (non-hydrogen) atoms. The zero-order valence-corrected chi connectivity index (χ0v) is 15.2. The fourth-order valence-corrected chi connectivity index (χ4v) is 2.79. The number of aromatic nitrogens is 1. The smallest absolute Gasteiger partial charge is 0.193 e. The molecule has 0 atom stereocenters. The SMILES string of the molecule is CN=C(NCc1cccc2cccnc12)N(C)CCOc1ccccc1. The Hall–Kier alpha value is -3.08. The van der Waals surface area contributed by atoms with Crippen molar-refractivity contribution >= 4 is 16.9 Å². The van der Waals surface area contributed by atoms with Gasteiger partial charge in [-0.25, -0.2) is 0 Å². The fourth-order valence-electron chi connectivity index (χ4n) is 2.79. The molecule has 0 spiro atoms. The number of pyridine rings is 1. The first kappa shape index (κ1) is 17.7. The lowest BCUT2D eigenvalue weighted by Crippen LogP contribution is -2.40. The van der Waals surface area contributed by atoms with E-state index in [-0.39, 0.29) is 0 Å². The van der Waals surface area contributed by atoms with Crippen molar-refractivity contribution in [2.24, 2.45) is 4.99 Å². The highest BCUT2D eigenvalue weighted by Gasteiger charge is 2.07. The predicted molar refractivity (Wildman–Crippen MR) is 107 cm³/mol. The van der Waals surface area contributed by atoms with Gasteiger partial charge in [0, 0.05) is 32.2 Å². The van der Waals surface area contributed by atoms with E-state index in [1.165, 1.54) is 0 Å². The molecule has 0 fully saturated rings. The topological polar surface area (TPSA) is 49.8 Å². The molecule has 0 saturated carbocycles. The van der Waals surface area contributed by atoms with Crippen LogP contribution in [-0.2, 0) is 6.54 Å². The lowest BCUT2D eigenvalue weighted by Gasteiger charge is -2.22. The van der Waals surface area contributed by atoms with E-state index in [0.717, 1.165) is 34.7 Å². The van der Waals surface area contributed by atoms with Gasteiger partial charge < -0.3 is 15.0 Å². The highest BCUT2D eigenvalue weighted by atomic mass is 16.5. The third-order valence-corrected chi connectivity index (χ3v) is 4.17. The number of nitrogens with zero attached hydrogens (tertiary/aromatic N) is 3. The van der Waals surface area contributed by atoms with Gasteiger partial charge in [0.2, 0.25) is 0 Å². The van der Waals surface area contributed by atoms with Gasteiger partial charge in [0.05, 0.1) is 12.1 Å². The number of fused-ring (bicyclic) bond motifs is 1. The molecule has 1 heterocycles. The van der Waals surface area contributed by atoms with E-state index in [4.69, 9.17) is 4.74 Å². The molecule has 1 N–H and O–H groups in total. The van der Waals surface area contributed by atoms with Crippen LogP contribution < -0.4 is 10.1 Å². The van der Waals surface area contributed by atoms with Gasteiger partial charge >= 0.3 is 0 Å². The summed E-state index contributed by atoms with van der Waals surface area (Å²) in [6, 6.07) is 20.1. The average molecular weight is 348 g/mol. The number of nitrogens with one attached hydrogen (secondary N) is 1. The van der Waals surface area contributed by atoms with Crippen molar-refractivity contribution in [3.05, 3.63) is 72.4 Å². The van der Waals surface area contributed by atoms with Crippen molar-refractivity contribution in [3.8, 4) is 5.75 Å². The highest BCUT2D eigenvalue weighted by molar-refractivity contribution is 5.83. The van der Waals surface area contributed by atoms with E-state index in [9.17, 15) is 0 Å². The molecule has 3 rings (SSSR count). The van der Waals surface area contributed by atoms with Gasteiger partial charge in [-0.1, -0.05) is 42.5 Å². The summed E-state index contributed by atoms with van der Waals surface area (Å²) in [6.45, 7) is 2.00. The van der Waals surface area contributed by atoms with E-state index >= 15 is 0 Å². The summed E-state index contributed by atoms with van der Waals surface area (Å²) in [7, 11) is 3.79. The number of hydrogen-bond donors (Lipinski definition) is 1. The Balaban J connectivity index is 1.55. The van der Waals surface area contributed by atoms with Crippen LogP contribution in [0.25, 0.3) is 10.9 Å². The van der Waals surface area contributed by atoms with Gasteiger partial charge in [-0.05, 0) is 23.8 Å². The molecule has 0 radical (unpaired) electrons. The zero-order valence-electron chi connectivity index (χ0n) is 15.2. The van der Waals surface area contributed by atoms with Crippen molar-refractivity contribution in [1.29, 1.82) is 0 Å². The van der Waals surface area contributed by atoms with Crippen LogP contribution in [0.4, 0.5) is 0 Å². The number of hydrogen-bond acceptors (Lipinski definition) is 3. The fraction of sp³-hybridized carbons (Fsp3) is 0.238. The maximum Gasteiger partial charge on any atom is 0.193 e. The molecule has 0 aliphatic carbocycles. The maximum absolute atomic E-state index is 5.76. The monoisotopic (exact) mass is 348 g/mol. The van der Waals surface area contributed by atoms with E-state index in [1.54, 1.807) is 7.05 Å². The minimum absolute atomic E-state index is 0.594. The van der Waals surface area contributed by atoms with Crippen LogP contribution in [0.3, 0.4) is 0 Å². The molecule has 1 aromatic heterocycles. The Bertz CT molecular complexity index is 859. The van der Waals surface area contributed by atoms with Gasteiger partial charge in [0.1, 0.15) is 12.4 Å². The van der Waals surface area contributed by atoms with Crippen molar-refractivity contribution < 1.29 is 4.74 Å². The first-order valence-electron chi connectivity index (χ1n) is 8.70. The second-order valence-corrected chi connectivity index (χ2v) is 5.98. The molecule has 0 unspecified atom stereocenters. The number of para-hydroxylation sites is 2. The van der Waals surface area contributed by atoms with Crippen LogP contribution in [0.5, 0.6) is 5.75 Å². The Morgan fingerprint density at radius 1 is 1.08 bits per heavy atom. The van der Waals surface area contributed by atoms with Crippen LogP contribution >= 0.6 is 0 Å². The summed E-state index contributed by atoms with van der Waals surface area (Å²) >= 11 is 0. The molecule has 5 heteroatoms. The number of likely N-dealkylation sites (N-methyl/N-ethyl adjacent to an activating group) is 1. The molecule has 2 aromatic carbocycles. The number of benzene rings is 2. The van der Waals surface area contributed by atoms with E-state index in [2.05, 4.69) is 44.5 Å². The molecular weight excluding hydrogens is 324 g/mol. The van der Waals surface area contributed by atoms with Crippen LogP contribution in [0.2, 0.25) is 0 Å². The number of ether oxygens (including phenoxy) is 1. The van der Waals surface area contributed by atoms with Crippen molar-refractivity contribution in [1.82, 2.24) is 15.2 Å².